The van der Waals surface area contributed by atoms with E-state index in [1.165, 1.54) is 24.3 Å². The number of Topliss-reactive ketones (excluding diaryl/α,β-unsaturated/α-hetero) is 1. The van der Waals surface area contributed by atoms with Gasteiger partial charge in [-0.3, -0.25) is 19.7 Å². The number of ether oxygens (including phenoxy) is 2. The molecule has 0 atom stereocenters. The quantitative estimate of drug-likeness (QED) is 0.447. The van der Waals surface area contributed by atoms with Crippen LogP contribution in [0.3, 0.4) is 0 Å². The lowest BCUT2D eigenvalue weighted by atomic mass is 9.88. The molecule has 2 heterocycles. The van der Waals surface area contributed by atoms with Crippen LogP contribution in [0.1, 0.15) is 33.6 Å². The lowest BCUT2D eigenvalue weighted by Gasteiger charge is -2.31. The zero-order valence-corrected chi connectivity index (χ0v) is 15.7. The van der Waals surface area contributed by atoms with Crippen LogP contribution in [0.25, 0.3) is 0 Å². The number of carbonyl (C=O) groups is 2. The maximum absolute atomic E-state index is 12.9. The molecule has 4 rings (SSSR count). The van der Waals surface area contributed by atoms with E-state index in [1.54, 1.807) is 23.1 Å². The fraction of sp³-hybridized carbons (Fsp3) is 0.333. The second-order valence-electron chi connectivity index (χ2n) is 7.09. The summed E-state index contributed by atoms with van der Waals surface area (Å²) < 4.78 is 11.0. The van der Waals surface area contributed by atoms with E-state index in [-0.39, 0.29) is 23.3 Å². The lowest BCUT2D eigenvalue weighted by molar-refractivity contribution is -0.384. The summed E-state index contributed by atoms with van der Waals surface area (Å²) in [7, 11) is 0. The first kappa shape index (κ1) is 18.9. The summed E-state index contributed by atoms with van der Waals surface area (Å²) in [5.74, 6) is 0.956. The van der Waals surface area contributed by atoms with E-state index in [0.717, 1.165) is 0 Å². The van der Waals surface area contributed by atoms with Crippen molar-refractivity contribution < 1.29 is 24.0 Å². The fourth-order valence-corrected chi connectivity index (χ4v) is 3.69. The van der Waals surface area contributed by atoms with Gasteiger partial charge in [0.2, 0.25) is 0 Å². The van der Waals surface area contributed by atoms with E-state index in [0.29, 0.717) is 61.8 Å². The van der Waals surface area contributed by atoms with Crippen molar-refractivity contribution in [3.8, 4) is 11.5 Å². The van der Waals surface area contributed by atoms with Gasteiger partial charge >= 0.3 is 0 Å². The monoisotopic (exact) mass is 396 g/mol. The Bertz CT molecular complexity index is 948. The number of carbonyl (C=O) groups excluding carboxylic acids is 2. The van der Waals surface area contributed by atoms with Crippen LogP contribution in [0, 0.1) is 16.0 Å². The van der Waals surface area contributed by atoms with Gasteiger partial charge in [-0.05, 0) is 43.2 Å². The minimum Gasteiger partial charge on any atom is -0.486 e. The first-order chi connectivity index (χ1) is 14.0. The summed E-state index contributed by atoms with van der Waals surface area (Å²) in [5, 5.41) is 10.7. The number of hydrogen-bond acceptors (Lipinski definition) is 6. The third-order valence-electron chi connectivity index (χ3n) is 5.30. The normalized spacial score (nSPS) is 16.3. The zero-order chi connectivity index (χ0) is 20.4. The number of rotatable bonds is 4. The highest BCUT2D eigenvalue weighted by atomic mass is 16.6. The molecular formula is C21H20N2O6. The summed E-state index contributed by atoms with van der Waals surface area (Å²) in [5.41, 5.74) is 0.951. The number of fused-ring (bicyclic) bond motifs is 1. The summed E-state index contributed by atoms with van der Waals surface area (Å²) >= 11 is 0. The number of likely N-dealkylation sites (tertiary alicyclic amines) is 1. The Morgan fingerprint density at radius 2 is 1.55 bits per heavy atom. The Morgan fingerprint density at radius 3 is 2.21 bits per heavy atom. The van der Waals surface area contributed by atoms with Gasteiger partial charge in [0.1, 0.15) is 13.2 Å². The number of ketones is 1. The predicted octanol–water partition coefficient (Wildman–Crippen LogP) is 3.10. The molecule has 2 aromatic carbocycles. The molecule has 150 valence electrons. The summed E-state index contributed by atoms with van der Waals surface area (Å²) in [6.45, 7) is 1.91. The smallest absolute Gasteiger partial charge is 0.269 e. The molecule has 0 aromatic heterocycles. The van der Waals surface area contributed by atoms with Crippen LogP contribution in [-0.2, 0) is 0 Å². The van der Waals surface area contributed by atoms with Gasteiger partial charge < -0.3 is 14.4 Å². The summed E-state index contributed by atoms with van der Waals surface area (Å²) in [6, 6.07) is 10.8. The van der Waals surface area contributed by atoms with Gasteiger partial charge in [0, 0.05) is 42.3 Å². The molecule has 8 heteroatoms. The van der Waals surface area contributed by atoms with Crippen molar-refractivity contribution >= 4 is 17.4 Å². The topological polar surface area (TPSA) is 99.0 Å². The third-order valence-corrected chi connectivity index (χ3v) is 5.30. The molecule has 1 amide bonds. The van der Waals surface area contributed by atoms with Crippen molar-refractivity contribution in [2.24, 2.45) is 5.92 Å². The van der Waals surface area contributed by atoms with E-state index < -0.39 is 4.92 Å². The maximum atomic E-state index is 12.9. The second-order valence-corrected chi connectivity index (χ2v) is 7.09. The Kier molecular flexibility index (Phi) is 5.16. The number of piperidine rings is 1. The highest BCUT2D eigenvalue weighted by molar-refractivity contribution is 5.99. The van der Waals surface area contributed by atoms with Crippen LogP contribution < -0.4 is 9.47 Å². The minimum atomic E-state index is -0.497. The van der Waals surface area contributed by atoms with Crippen LogP contribution in [-0.4, -0.2) is 47.8 Å². The van der Waals surface area contributed by atoms with Gasteiger partial charge in [-0.15, -0.1) is 0 Å². The molecule has 2 aromatic rings. The molecule has 1 saturated heterocycles. The van der Waals surface area contributed by atoms with Gasteiger partial charge in [0.15, 0.2) is 17.3 Å². The molecular weight excluding hydrogens is 376 g/mol. The first-order valence-electron chi connectivity index (χ1n) is 9.50. The first-order valence-corrected chi connectivity index (χ1v) is 9.50. The number of nitro groups is 1. The van der Waals surface area contributed by atoms with E-state index >= 15 is 0 Å². The van der Waals surface area contributed by atoms with Crippen LogP contribution in [0.2, 0.25) is 0 Å². The number of nitrogens with zero attached hydrogens (tertiary/aromatic N) is 2. The maximum Gasteiger partial charge on any atom is 0.269 e. The Morgan fingerprint density at radius 1 is 0.931 bits per heavy atom. The minimum absolute atomic E-state index is 0.0457. The van der Waals surface area contributed by atoms with Crippen LogP contribution in [0.4, 0.5) is 5.69 Å². The van der Waals surface area contributed by atoms with Crippen molar-refractivity contribution in [2.45, 2.75) is 12.8 Å². The highest BCUT2D eigenvalue weighted by Crippen LogP contribution is 2.32. The molecule has 0 N–H and O–H groups in total. The molecule has 2 aliphatic heterocycles. The predicted molar refractivity (Wildman–Crippen MR) is 103 cm³/mol. The molecule has 0 aliphatic carbocycles. The number of non-ortho nitro benzene ring substituents is 1. The summed E-state index contributed by atoms with van der Waals surface area (Å²) in [4.78, 5) is 37.4. The number of amides is 1. The molecule has 0 unspecified atom stereocenters. The average molecular weight is 396 g/mol. The Labute approximate surface area is 167 Å². The van der Waals surface area contributed by atoms with Crippen molar-refractivity contribution in [1.82, 2.24) is 4.90 Å². The molecule has 0 spiro atoms. The third kappa shape index (κ3) is 3.91. The van der Waals surface area contributed by atoms with Crippen molar-refractivity contribution in [3.05, 3.63) is 63.7 Å². The number of hydrogen-bond donors (Lipinski definition) is 0. The van der Waals surface area contributed by atoms with Gasteiger partial charge in [-0.2, -0.15) is 0 Å². The average Bonchev–Trinajstić information content (AvgIpc) is 2.78. The molecule has 8 nitrogen and oxygen atoms in total. The zero-order valence-electron chi connectivity index (χ0n) is 15.7. The van der Waals surface area contributed by atoms with Gasteiger partial charge in [0.05, 0.1) is 4.92 Å². The standard InChI is InChI=1S/C21H20N2O6/c24-20(16-3-6-18-19(13-16)29-12-11-28-18)14-7-9-22(10-8-14)21(25)15-1-4-17(5-2-15)23(26)27/h1-6,13-14H,7-12H2. The van der Waals surface area contributed by atoms with Crippen molar-refractivity contribution in [1.29, 1.82) is 0 Å². The SMILES string of the molecule is O=C(c1ccc2c(c1)OCCO2)C1CCN(C(=O)c2ccc([N+](=O)[O-])cc2)CC1. The Hall–Kier alpha value is -3.42. The van der Waals surface area contributed by atoms with Gasteiger partial charge in [-0.1, -0.05) is 0 Å². The largest absolute Gasteiger partial charge is 0.486 e. The van der Waals surface area contributed by atoms with E-state index in [1.807, 2.05) is 0 Å². The van der Waals surface area contributed by atoms with E-state index in [4.69, 9.17) is 9.47 Å². The molecule has 1 fully saturated rings. The molecule has 0 radical (unpaired) electrons. The van der Waals surface area contributed by atoms with Crippen LogP contribution in [0.15, 0.2) is 42.5 Å². The van der Waals surface area contributed by atoms with Gasteiger partial charge in [0.25, 0.3) is 11.6 Å². The summed E-state index contributed by atoms with van der Waals surface area (Å²) in [6.07, 6.45) is 1.15. The van der Waals surface area contributed by atoms with E-state index in [2.05, 4.69) is 0 Å². The lowest BCUT2D eigenvalue weighted by Crippen LogP contribution is -2.40. The Balaban J connectivity index is 1.38. The number of benzene rings is 2. The number of nitro benzene ring substituents is 1. The van der Waals surface area contributed by atoms with Crippen molar-refractivity contribution in [2.75, 3.05) is 26.3 Å². The highest BCUT2D eigenvalue weighted by Gasteiger charge is 2.29. The van der Waals surface area contributed by atoms with Crippen LogP contribution >= 0.6 is 0 Å². The molecule has 0 bridgehead atoms. The molecule has 29 heavy (non-hydrogen) atoms. The second kappa shape index (κ2) is 7.90. The van der Waals surface area contributed by atoms with Crippen molar-refractivity contribution in [3.63, 3.8) is 0 Å². The van der Waals surface area contributed by atoms with Gasteiger partial charge in [-0.25, -0.2) is 0 Å². The van der Waals surface area contributed by atoms with Crippen LogP contribution in [0.5, 0.6) is 11.5 Å². The fourth-order valence-electron chi connectivity index (χ4n) is 3.69. The molecule has 2 aliphatic rings. The molecule has 0 saturated carbocycles. The van der Waals surface area contributed by atoms with E-state index in [9.17, 15) is 19.7 Å².